The number of anilines is 1. The van der Waals surface area contributed by atoms with Gasteiger partial charge in [0.05, 0.1) is 0 Å². The minimum absolute atomic E-state index is 0.471. The second-order valence-electron chi connectivity index (χ2n) is 5.29. The molecule has 0 aliphatic rings. The van der Waals surface area contributed by atoms with Gasteiger partial charge in [0.1, 0.15) is 5.01 Å². The van der Waals surface area contributed by atoms with E-state index in [1.165, 1.54) is 5.56 Å². The maximum absolute atomic E-state index is 4.21. The predicted octanol–water partition coefficient (Wildman–Crippen LogP) is 3.95. The topological polar surface area (TPSA) is 37.8 Å². The minimum Gasteiger partial charge on any atom is -0.359 e. The molecule has 2 aromatic rings. The number of nitrogens with one attached hydrogen (secondary N) is 1. The van der Waals surface area contributed by atoms with Gasteiger partial charge in [-0.1, -0.05) is 62.4 Å². The highest BCUT2D eigenvalue weighted by Gasteiger charge is 2.08. The van der Waals surface area contributed by atoms with E-state index >= 15 is 0 Å². The van der Waals surface area contributed by atoms with Crippen molar-refractivity contribution < 1.29 is 0 Å². The third-order valence-corrected chi connectivity index (χ3v) is 3.88. The summed E-state index contributed by atoms with van der Waals surface area (Å²) in [5.41, 5.74) is 1.35. The van der Waals surface area contributed by atoms with Gasteiger partial charge in [-0.15, -0.1) is 10.2 Å². The zero-order chi connectivity index (χ0) is 13.7. The van der Waals surface area contributed by atoms with E-state index in [2.05, 4.69) is 60.6 Å². The molecule has 3 nitrogen and oxygen atoms in total. The average molecular weight is 275 g/mol. The summed E-state index contributed by atoms with van der Waals surface area (Å²) in [6.45, 7) is 7.51. The van der Waals surface area contributed by atoms with Crippen LogP contribution in [0.2, 0.25) is 0 Å². The van der Waals surface area contributed by atoms with Crippen LogP contribution in [0.25, 0.3) is 0 Å². The molecule has 0 saturated carbocycles. The highest BCUT2D eigenvalue weighted by molar-refractivity contribution is 7.15. The standard InChI is InChI=1S/C15H21N3S/c1-11(2)9-14-17-18-15(19-14)16-10-12(3)13-7-5-4-6-8-13/h4-8,11-12H,9-10H2,1-3H3,(H,16,18). The average Bonchev–Trinajstić information content (AvgIpc) is 2.84. The largest absolute Gasteiger partial charge is 0.359 e. The Morgan fingerprint density at radius 2 is 1.84 bits per heavy atom. The number of rotatable bonds is 6. The number of hydrogen-bond donors (Lipinski definition) is 1. The van der Waals surface area contributed by atoms with E-state index in [1.807, 2.05) is 6.07 Å². The second kappa shape index (κ2) is 6.66. The van der Waals surface area contributed by atoms with Crippen LogP contribution >= 0.6 is 11.3 Å². The van der Waals surface area contributed by atoms with Crippen LogP contribution in [0, 0.1) is 5.92 Å². The van der Waals surface area contributed by atoms with E-state index in [0.717, 1.165) is 23.1 Å². The fraction of sp³-hybridized carbons (Fsp3) is 0.467. The number of hydrogen-bond acceptors (Lipinski definition) is 4. The normalized spacial score (nSPS) is 12.6. The van der Waals surface area contributed by atoms with Gasteiger partial charge < -0.3 is 5.32 Å². The van der Waals surface area contributed by atoms with Crippen LogP contribution in [-0.2, 0) is 6.42 Å². The van der Waals surface area contributed by atoms with Gasteiger partial charge in [0, 0.05) is 13.0 Å². The van der Waals surface area contributed by atoms with E-state index in [4.69, 9.17) is 0 Å². The van der Waals surface area contributed by atoms with E-state index in [-0.39, 0.29) is 0 Å². The number of aromatic nitrogens is 2. The molecule has 0 bridgehead atoms. The van der Waals surface area contributed by atoms with Gasteiger partial charge in [-0.3, -0.25) is 0 Å². The van der Waals surface area contributed by atoms with Crippen molar-refractivity contribution in [2.45, 2.75) is 33.1 Å². The van der Waals surface area contributed by atoms with Gasteiger partial charge in [-0.25, -0.2) is 0 Å². The maximum Gasteiger partial charge on any atom is 0.205 e. The van der Waals surface area contributed by atoms with Crippen molar-refractivity contribution in [3.63, 3.8) is 0 Å². The molecule has 0 spiro atoms. The third kappa shape index (κ3) is 4.31. The molecule has 0 radical (unpaired) electrons. The van der Waals surface area contributed by atoms with Gasteiger partial charge in [0.2, 0.25) is 5.13 Å². The first-order chi connectivity index (χ1) is 9.15. The molecule has 1 aromatic carbocycles. The zero-order valence-electron chi connectivity index (χ0n) is 11.8. The first-order valence-corrected chi connectivity index (χ1v) is 7.58. The Morgan fingerprint density at radius 1 is 1.11 bits per heavy atom. The van der Waals surface area contributed by atoms with E-state index in [0.29, 0.717) is 11.8 Å². The van der Waals surface area contributed by atoms with Crippen molar-refractivity contribution >= 4 is 16.5 Å². The van der Waals surface area contributed by atoms with Crippen LogP contribution in [0.15, 0.2) is 30.3 Å². The van der Waals surface area contributed by atoms with Crippen LogP contribution in [0.3, 0.4) is 0 Å². The van der Waals surface area contributed by atoms with E-state index in [1.54, 1.807) is 11.3 Å². The summed E-state index contributed by atoms with van der Waals surface area (Å²) >= 11 is 1.67. The summed E-state index contributed by atoms with van der Waals surface area (Å²) in [5, 5.41) is 13.8. The van der Waals surface area contributed by atoms with E-state index < -0.39 is 0 Å². The quantitative estimate of drug-likeness (QED) is 0.867. The van der Waals surface area contributed by atoms with Gasteiger partial charge in [0.15, 0.2) is 0 Å². The van der Waals surface area contributed by atoms with E-state index in [9.17, 15) is 0 Å². The summed E-state index contributed by atoms with van der Waals surface area (Å²) in [6, 6.07) is 10.5. The molecule has 1 aromatic heterocycles. The van der Waals surface area contributed by atoms with Crippen molar-refractivity contribution in [1.82, 2.24) is 10.2 Å². The molecule has 0 aliphatic carbocycles. The van der Waals surface area contributed by atoms with Crippen LogP contribution in [0.4, 0.5) is 5.13 Å². The molecular weight excluding hydrogens is 254 g/mol. The molecule has 0 aliphatic heterocycles. The van der Waals surface area contributed by atoms with Crippen LogP contribution in [0.5, 0.6) is 0 Å². The molecule has 2 rings (SSSR count). The molecular formula is C15H21N3S. The molecule has 1 N–H and O–H groups in total. The molecule has 4 heteroatoms. The van der Waals surface area contributed by atoms with Crippen LogP contribution in [-0.4, -0.2) is 16.7 Å². The van der Waals surface area contributed by atoms with Gasteiger partial charge in [-0.2, -0.15) is 0 Å². The molecule has 0 fully saturated rings. The summed E-state index contributed by atoms with van der Waals surface area (Å²) in [4.78, 5) is 0. The molecule has 1 heterocycles. The summed E-state index contributed by atoms with van der Waals surface area (Å²) in [5.74, 6) is 1.10. The highest BCUT2D eigenvalue weighted by atomic mass is 32.1. The molecule has 0 saturated heterocycles. The minimum atomic E-state index is 0.471. The van der Waals surface area contributed by atoms with Gasteiger partial charge >= 0.3 is 0 Å². The second-order valence-corrected chi connectivity index (χ2v) is 6.35. The Hall–Kier alpha value is -1.42. The predicted molar refractivity (Wildman–Crippen MR) is 81.8 cm³/mol. The van der Waals surface area contributed by atoms with Crippen molar-refractivity contribution in [3.05, 3.63) is 40.9 Å². The Morgan fingerprint density at radius 3 is 2.53 bits per heavy atom. The molecule has 1 atom stereocenters. The first-order valence-electron chi connectivity index (χ1n) is 6.76. The Kier molecular flexibility index (Phi) is 4.91. The number of nitrogens with zero attached hydrogens (tertiary/aromatic N) is 2. The maximum atomic E-state index is 4.21. The molecule has 0 amide bonds. The lowest BCUT2D eigenvalue weighted by Gasteiger charge is -2.11. The van der Waals surface area contributed by atoms with Crippen LogP contribution in [0.1, 0.15) is 37.3 Å². The Bertz CT molecular complexity index is 493. The van der Waals surface area contributed by atoms with Crippen molar-refractivity contribution in [1.29, 1.82) is 0 Å². The lowest BCUT2D eigenvalue weighted by Crippen LogP contribution is -2.09. The Balaban J connectivity index is 1.87. The highest BCUT2D eigenvalue weighted by Crippen LogP contribution is 2.20. The Labute approximate surface area is 119 Å². The van der Waals surface area contributed by atoms with Crippen molar-refractivity contribution in [2.75, 3.05) is 11.9 Å². The zero-order valence-corrected chi connectivity index (χ0v) is 12.6. The monoisotopic (exact) mass is 275 g/mol. The summed E-state index contributed by atoms with van der Waals surface area (Å²) in [7, 11) is 0. The molecule has 19 heavy (non-hydrogen) atoms. The van der Waals surface area contributed by atoms with Gasteiger partial charge in [0.25, 0.3) is 0 Å². The summed E-state index contributed by atoms with van der Waals surface area (Å²) < 4.78 is 0. The van der Waals surface area contributed by atoms with Crippen molar-refractivity contribution in [3.8, 4) is 0 Å². The molecule has 102 valence electrons. The fourth-order valence-electron chi connectivity index (χ4n) is 1.90. The molecule has 1 unspecified atom stereocenters. The lowest BCUT2D eigenvalue weighted by atomic mass is 10.0. The van der Waals surface area contributed by atoms with Gasteiger partial charge in [-0.05, 0) is 17.4 Å². The smallest absolute Gasteiger partial charge is 0.205 e. The third-order valence-electron chi connectivity index (χ3n) is 2.98. The lowest BCUT2D eigenvalue weighted by molar-refractivity contribution is 0.640. The SMILES string of the molecule is CC(C)Cc1nnc(NCC(C)c2ccccc2)s1. The fourth-order valence-corrected chi connectivity index (χ4v) is 2.86. The number of benzene rings is 1. The summed E-state index contributed by atoms with van der Waals surface area (Å²) in [6.07, 6.45) is 1.01. The van der Waals surface area contributed by atoms with Crippen molar-refractivity contribution in [2.24, 2.45) is 5.92 Å². The first kappa shape index (κ1) is 14.0. The van der Waals surface area contributed by atoms with Crippen LogP contribution < -0.4 is 5.32 Å².